The minimum absolute atomic E-state index is 0.122. The van der Waals surface area contributed by atoms with Crippen LogP contribution in [0.4, 0.5) is 5.69 Å². The highest BCUT2D eigenvalue weighted by Crippen LogP contribution is 2.37. The van der Waals surface area contributed by atoms with Crippen LogP contribution in [0.1, 0.15) is 25.6 Å². The molecule has 0 saturated heterocycles. The maximum Gasteiger partial charge on any atom is 0.339 e. The summed E-state index contributed by atoms with van der Waals surface area (Å²) in [6, 6.07) is 15.3. The Morgan fingerprint density at radius 3 is 2.43 bits per heavy atom. The summed E-state index contributed by atoms with van der Waals surface area (Å²) in [5.74, 6) is -1.36. The van der Waals surface area contributed by atoms with Gasteiger partial charge in [-0.05, 0) is 36.1 Å². The van der Waals surface area contributed by atoms with Gasteiger partial charge in [0.15, 0.2) is 0 Å². The molecule has 0 bridgehead atoms. The third kappa shape index (κ3) is 3.64. The maximum absolute atomic E-state index is 12.7. The highest BCUT2D eigenvalue weighted by Gasteiger charge is 2.22. The predicted octanol–water partition coefficient (Wildman–Crippen LogP) is 6.46. The molecule has 4 rings (SSSR count). The Bertz CT molecular complexity index is 1140. The number of rotatable bonds is 5. The van der Waals surface area contributed by atoms with Crippen molar-refractivity contribution in [2.24, 2.45) is 0 Å². The van der Waals surface area contributed by atoms with E-state index in [9.17, 15) is 14.7 Å². The van der Waals surface area contributed by atoms with Crippen molar-refractivity contribution >= 4 is 51.6 Å². The molecule has 0 aliphatic heterocycles. The van der Waals surface area contributed by atoms with Crippen LogP contribution in [0.3, 0.4) is 0 Å². The average molecular weight is 426 g/mol. The smallest absolute Gasteiger partial charge is 0.339 e. The van der Waals surface area contributed by atoms with Gasteiger partial charge in [0, 0.05) is 15.1 Å². The van der Waals surface area contributed by atoms with Crippen molar-refractivity contribution in [2.45, 2.75) is 6.92 Å². The molecule has 0 saturated carbocycles. The van der Waals surface area contributed by atoms with Crippen LogP contribution in [0.2, 0.25) is 0 Å². The van der Waals surface area contributed by atoms with E-state index in [0.717, 1.165) is 20.9 Å². The summed E-state index contributed by atoms with van der Waals surface area (Å²) >= 11 is 4.32. The fraction of sp³-hybridized carbons (Fsp3) is 0.0476. The van der Waals surface area contributed by atoms with Crippen LogP contribution in [0.5, 0.6) is 0 Å². The topological polar surface area (TPSA) is 66.4 Å². The normalized spacial score (nSPS) is 10.8. The summed E-state index contributed by atoms with van der Waals surface area (Å²) in [4.78, 5) is 27.9. The first-order valence-corrected chi connectivity index (χ1v) is 11.0. The lowest BCUT2D eigenvalue weighted by molar-refractivity contribution is 0.0699. The van der Waals surface area contributed by atoms with Crippen LogP contribution in [0, 0.1) is 6.92 Å². The number of aromatic carboxylic acids is 1. The Balaban J connectivity index is 1.62. The van der Waals surface area contributed by atoms with Gasteiger partial charge in [0.05, 0.1) is 15.4 Å². The number of nitrogens with one attached hydrogen (secondary N) is 1. The Morgan fingerprint density at radius 1 is 0.964 bits per heavy atom. The zero-order chi connectivity index (χ0) is 19.7. The average Bonchev–Trinajstić information content (AvgIpc) is 3.42. The molecule has 7 heteroatoms. The second-order valence-electron chi connectivity index (χ2n) is 6.12. The molecule has 0 aliphatic carbocycles. The van der Waals surface area contributed by atoms with E-state index in [0.29, 0.717) is 15.4 Å². The molecule has 1 amide bonds. The van der Waals surface area contributed by atoms with Gasteiger partial charge in [-0.1, -0.05) is 35.9 Å². The van der Waals surface area contributed by atoms with Gasteiger partial charge >= 0.3 is 5.97 Å². The zero-order valence-corrected chi connectivity index (χ0v) is 17.2. The molecule has 0 radical (unpaired) electrons. The molecule has 2 N–H and O–H groups in total. The van der Waals surface area contributed by atoms with Gasteiger partial charge in [-0.25, -0.2) is 4.79 Å². The second-order valence-corrected chi connectivity index (χ2v) is 9.03. The number of aryl methyl sites for hydroxylation is 1. The molecule has 0 atom stereocenters. The molecular weight excluding hydrogens is 410 g/mol. The van der Waals surface area contributed by atoms with Crippen molar-refractivity contribution < 1.29 is 14.7 Å². The number of amides is 1. The molecule has 140 valence electrons. The van der Waals surface area contributed by atoms with Crippen molar-refractivity contribution in [1.82, 2.24) is 0 Å². The standard InChI is InChI=1S/C21H15NO3S3/c1-12-4-6-13(7-5-12)19-18(21(24)25)14(11-27-19)22-20(23)17-9-8-16(28-17)15-3-2-10-26-15/h2-11H,1H3,(H,22,23)(H,24,25). The van der Waals surface area contributed by atoms with Gasteiger partial charge in [0.1, 0.15) is 5.56 Å². The lowest BCUT2D eigenvalue weighted by Gasteiger charge is -2.05. The van der Waals surface area contributed by atoms with Crippen molar-refractivity contribution in [3.05, 3.63) is 75.3 Å². The first-order valence-electron chi connectivity index (χ1n) is 8.40. The number of hydrogen-bond acceptors (Lipinski definition) is 5. The molecule has 4 aromatic rings. The fourth-order valence-electron chi connectivity index (χ4n) is 2.77. The third-order valence-corrected chi connectivity index (χ3v) is 7.34. The van der Waals surface area contributed by atoms with Crippen molar-refractivity contribution in [1.29, 1.82) is 0 Å². The lowest BCUT2D eigenvalue weighted by Crippen LogP contribution is -2.12. The number of benzene rings is 1. The van der Waals surface area contributed by atoms with E-state index in [1.54, 1.807) is 22.8 Å². The molecule has 0 unspecified atom stereocenters. The van der Waals surface area contributed by atoms with E-state index in [4.69, 9.17) is 0 Å². The van der Waals surface area contributed by atoms with Gasteiger partial charge in [0.25, 0.3) is 5.91 Å². The van der Waals surface area contributed by atoms with Crippen LogP contribution < -0.4 is 5.32 Å². The number of carbonyl (C=O) groups is 2. The van der Waals surface area contributed by atoms with Gasteiger partial charge in [-0.3, -0.25) is 4.79 Å². The highest BCUT2D eigenvalue weighted by molar-refractivity contribution is 7.22. The van der Waals surface area contributed by atoms with Crippen molar-refractivity contribution in [2.75, 3.05) is 5.32 Å². The van der Waals surface area contributed by atoms with Gasteiger partial charge in [0.2, 0.25) is 0 Å². The summed E-state index contributed by atoms with van der Waals surface area (Å²) in [5, 5.41) is 16.2. The van der Waals surface area contributed by atoms with E-state index in [2.05, 4.69) is 5.32 Å². The van der Waals surface area contributed by atoms with Gasteiger partial charge < -0.3 is 10.4 Å². The number of thiophene rings is 3. The number of hydrogen-bond donors (Lipinski definition) is 2. The summed E-state index contributed by atoms with van der Waals surface area (Å²) in [6.07, 6.45) is 0. The predicted molar refractivity (Wildman–Crippen MR) is 117 cm³/mol. The van der Waals surface area contributed by atoms with E-state index < -0.39 is 5.97 Å². The third-order valence-electron chi connectivity index (χ3n) is 4.16. The Morgan fingerprint density at radius 2 is 1.75 bits per heavy atom. The quantitative estimate of drug-likeness (QED) is 0.385. The van der Waals surface area contributed by atoms with Crippen LogP contribution >= 0.6 is 34.0 Å². The minimum Gasteiger partial charge on any atom is -0.478 e. The molecular formula is C21H15NO3S3. The van der Waals surface area contributed by atoms with Gasteiger partial charge in [-0.2, -0.15) is 0 Å². The van der Waals surface area contributed by atoms with Crippen molar-refractivity contribution in [3.8, 4) is 20.2 Å². The SMILES string of the molecule is Cc1ccc(-c2scc(NC(=O)c3ccc(-c4cccs4)s3)c2C(=O)O)cc1. The highest BCUT2D eigenvalue weighted by atomic mass is 32.1. The number of anilines is 1. The van der Waals surface area contributed by atoms with E-state index >= 15 is 0 Å². The summed E-state index contributed by atoms with van der Waals surface area (Å²) in [5.41, 5.74) is 2.37. The van der Waals surface area contributed by atoms with Crippen LogP contribution in [-0.4, -0.2) is 17.0 Å². The van der Waals surface area contributed by atoms with E-state index in [1.807, 2.05) is 54.8 Å². The molecule has 0 aliphatic rings. The van der Waals surface area contributed by atoms with E-state index in [-0.39, 0.29) is 11.5 Å². The molecule has 3 heterocycles. The monoisotopic (exact) mass is 425 g/mol. The molecule has 28 heavy (non-hydrogen) atoms. The Kier molecular flexibility index (Phi) is 5.13. The molecule has 0 spiro atoms. The molecule has 0 fully saturated rings. The second kappa shape index (κ2) is 7.71. The number of carbonyl (C=O) groups excluding carboxylic acids is 1. The molecule has 4 nitrogen and oxygen atoms in total. The lowest BCUT2D eigenvalue weighted by atomic mass is 10.1. The summed E-state index contributed by atoms with van der Waals surface area (Å²) in [6.45, 7) is 1.98. The first-order chi connectivity index (χ1) is 13.5. The first kappa shape index (κ1) is 18.6. The maximum atomic E-state index is 12.7. The number of carboxylic acids is 1. The van der Waals surface area contributed by atoms with Crippen LogP contribution in [0.15, 0.2) is 59.3 Å². The van der Waals surface area contributed by atoms with Crippen LogP contribution in [-0.2, 0) is 0 Å². The Hall–Kier alpha value is -2.74. The molecule has 1 aromatic carbocycles. The van der Waals surface area contributed by atoms with Crippen LogP contribution in [0.25, 0.3) is 20.2 Å². The Labute approximate surface area is 173 Å². The summed E-state index contributed by atoms with van der Waals surface area (Å²) < 4.78 is 0. The van der Waals surface area contributed by atoms with E-state index in [1.165, 1.54) is 22.7 Å². The minimum atomic E-state index is -1.06. The largest absolute Gasteiger partial charge is 0.478 e. The van der Waals surface area contributed by atoms with Gasteiger partial charge in [-0.15, -0.1) is 34.0 Å². The fourth-order valence-corrected chi connectivity index (χ4v) is 5.51. The molecule has 3 aromatic heterocycles. The number of carboxylic acid groups (broad SMARTS) is 1. The van der Waals surface area contributed by atoms with Crippen molar-refractivity contribution in [3.63, 3.8) is 0 Å². The summed E-state index contributed by atoms with van der Waals surface area (Å²) in [7, 11) is 0. The zero-order valence-electron chi connectivity index (χ0n) is 14.8.